The zero-order chi connectivity index (χ0) is 43.5. The second-order valence-electron chi connectivity index (χ2n) is 14.5. The van der Waals surface area contributed by atoms with Crippen LogP contribution in [0, 0.1) is 11.8 Å². The van der Waals surface area contributed by atoms with Crippen LogP contribution in [0.5, 0.6) is 11.5 Å². The summed E-state index contributed by atoms with van der Waals surface area (Å²) in [4.78, 5) is 32.0. The Labute approximate surface area is 350 Å². The van der Waals surface area contributed by atoms with Crippen LogP contribution in [-0.4, -0.2) is 74.1 Å². The molecule has 2 aromatic heterocycles. The predicted octanol–water partition coefficient (Wildman–Crippen LogP) is 7.31. The zero-order valence-corrected chi connectivity index (χ0v) is 34.0. The molecule has 1 aliphatic carbocycles. The summed E-state index contributed by atoms with van der Waals surface area (Å²) >= 11 is 0. The summed E-state index contributed by atoms with van der Waals surface area (Å²) in [5.41, 5.74) is 30.1. The van der Waals surface area contributed by atoms with Crippen LogP contribution in [0.3, 0.4) is 0 Å². The van der Waals surface area contributed by atoms with Crippen LogP contribution in [-0.2, 0) is 9.59 Å². The Morgan fingerprint density at radius 1 is 0.750 bits per heavy atom. The molecule has 2 amide bonds. The topological polar surface area (TPSA) is 217 Å². The number of alkyl halides is 1. The quantitative estimate of drug-likeness (QED) is 0.0741. The van der Waals surface area contributed by atoms with E-state index in [4.69, 9.17) is 22.9 Å². The second-order valence-corrected chi connectivity index (χ2v) is 14.5. The van der Waals surface area contributed by atoms with Gasteiger partial charge in [-0.25, -0.2) is 4.39 Å². The van der Waals surface area contributed by atoms with Crippen LogP contribution in [0.15, 0.2) is 116 Å². The van der Waals surface area contributed by atoms with E-state index in [0.29, 0.717) is 45.4 Å². The van der Waals surface area contributed by atoms with Crippen molar-refractivity contribution in [3.8, 4) is 22.6 Å². The fourth-order valence-corrected chi connectivity index (χ4v) is 7.28. The van der Waals surface area contributed by atoms with Gasteiger partial charge in [0.15, 0.2) is 0 Å². The lowest BCUT2D eigenvalue weighted by Crippen LogP contribution is -2.28. The van der Waals surface area contributed by atoms with Crippen LogP contribution >= 0.6 is 0 Å². The van der Waals surface area contributed by atoms with Crippen molar-refractivity contribution < 1.29 is 24.2 Å². The molecule has 0 radical (unpaired) electrons. The Bertz CT molecular complexity index is 2340. The number of nitrogens with zero attached hydrogens (tertiary/aromatic N) is 2. The number of nitrogens with one attached hydrogen (secondary N) is 2. The van der Waals surface area contributed by atoms with Crippen LogP contribution in [0.4, 0.5) is 16.0 Å². The van der Waals surface area contributed by atoms with Crippen molar-refractivity contribution >= 4 is 47.0 Å². The minimum atomic E-state index is -1.19. The van der Waals surface area contributed by atoms with Crippen molar-refractivity contribution in [3.05, 3.63) is 144 Å². The Morgan fingerprint density at radius 3 is 1.82 bits per heavy atom. The third kappa shape index (κ3) is 10.5. The minimum Gasteiger partial charge on any atom is -0.507 e. The number of phenolic OH excluding ortho intramolecular Hbond substituents is 2. The van der Waals surface area contributed by atoms with E-state index < -0.39 is 12.1 Å². The smallest absolute Gasteiger partial charge is 0.246 e. The highest BCUT2D eigenvalue weighted by molar-refractivity contribution is 5.91. The first-order chi connectivity index (χ1) is 28.9. The zero-order valence-electron chi connectivity index (χ0n) is 34.0. The number of phenols is 2. The maximum absolute atomic E-state index is 14.4. The molecule has 3 fully saturated rings. The van der Waals surface area contributed by atoms with Gasteiger partial charge in [-0.1, -0.05) is 81.6 Å². The fraction of sp³-hybridized carbons (Fsp3) is 0.234. The van der Waals surface area contributed by atoms with Crippen LogP contribution in [0.1, 0.15) is 54.1 Å². The second kappa shape index (κ2) is 20.0. The van der Waals surface area contributed by atoms with Gasteiger partial charge in [0.25, 0.3) is 0 Å². The Hall–Kier alpha value is -7.15. The molecular weight excluding hydrogens is 760 g/mol. The van der Waals surface area contributed by atoms with Gasteiger partial charge in [-0.3, -0.25) is 9.59 Å². The van der Waals surface area contributed by atoms with Gasteiger partial charge in [0.05, 0.1) is 6.54 Å². The standard InChI is InChI=1S/C19H21FN4O2.C18H17N3O.C8H11NO.C2H6/c1-2-18(26)24-9-13(14(20)10-24)16-8-11(19(22)23-16)7-15(21)12-5-3-4-6-17(12)25;19-16(13-8-4-5-9-17(13)22)10-14-15(11-21-18(14)20)12-6-2-1-3-7-12;1-2-8(10)9-4-6-3-7(6)5-9;1-2/h2-8,13-14,23,25H,1,9-10,21-22H2;1-11,21-22H,19-20H2;2,6-7H,1,3-5H2;1-2H3/b15-7-;16-10-;;. The molecule has 0 bridgehead atoms. The van der Waals surface area contributed by atoms with Gasteiger partial charge in [-0.05, 0) is 78.5 Å². The van der Waals surface area contributed by atoms with E-state index in [1.807, 2.05) is 61.3 Å². The molecule has 2 saturated heterocycles. The molecule has 8 rings (SSSR count). The molecule has 4 heterocycles. The predicted molar refractivity (Wildman–Crippen MR) is 240 cm³/mol. The number of piperidine rings is 1. The normalized spacial score (nSPS) is 19.1. The monoisotopic (exact) mass is 814 g/mol. The fourth-order valence-electron chi connectivity index (χ4n) is 7.28. The molecule has 12 N–H and O–H groups in total. The first kappa shape index (κ1) is 44.0. The number of aromatic amines is 2. The van der Waals surface area contributed by atoms with E-state index in [9.17, 15) is 24.2 Å². The molecule has 0 spiro atoms. The molecule has 13 heteroatoms. The molecular formula is C47H55FN8O4. The highest BCUT2D eigenvalue weighted by Crippen LogP contribution is 2.44. The van der Waals surface area contributed by atoms with Gasteiger partial charge >= 0.3 is 0 Å². The van der Waals surface area contributed by atoms with Crippen LogP contribution in [0.25, 0.3) is 34.7 Å². The van der Waals surface area contributed by atoms with Gasteiger partial charge < -0.3 is 52.9 Å². The maximum Gasteiger partial charge on any atom is 0.246 e. The largest absolute Gasteiger partial charge is 0.507 e. The number of amides is 2. The van der Waals surface area contributed by atoms with Crippen LogP contribution in [0.2, 0.25) is 0 Å². The molecule has 4 atom stereocenters. The lowest BCUT2D eigenvalue weighted by Gasteiger charge is -2.14. The average Bonchev–Trinajstić information content (AvgIpc) is 3.60. The summed E-state index contributed by atoms with van der Waals surface area (Å²) in [6.07, 6.45) is 8.01. The van der Waals surface area contributed by atoms with Gasteiger partial charge in [-0.15, -0.1) is 0 Å². The van der Waals surface area contributed by atoms with Crippen molar-refractivity contribution in [3.63, 3.8) is 0 Å². The van der Waals surface area contributed by atoms with Gasteiger partial charge in [0, 0.05) is 76.7 Å². The first-order valence-corrected chi connectivity index (χ1v) is 19.9. The summed E-state index contributed by atoms with van der Waals surface area (Å²) in [6, 6.07) is 25.3. The van der Waals surface area contributed by atoms with E-state index >= 15 is 0 Å². The molecule has 314 valence electrons. The summed E-state index contributed by atoms with van der Waals surface area (Å²) in [7, 11) is 0. The number of hydrogen-bond donors (Lipinski definition) is 8. The number of para-hydroxylation sites is 2. The SMILES string of the molecule is C=CC(=O)N1CC(F)C(c2cc(/C=C(\N)c3ccccc3O)c(N)[nH]2)C1.C=CC(=O)N1CC2CC2C1.CC.N/C(=C\c1c(-c2ccccc2)c[nH]c1N)c1ccccc1O. The van der Waals surface area contributed by atoms with Gasteiger partial charge in [0.1, 0.15) is 29.3 Å². The number of carbonyl (C=O) groups excluding carboxylic acids is 2. The maximum atomic E-state index is 14.4. The molecule has 3 aromatic carbocycles. The van der Waals surface area contributed by atoms with Crippen molar-refractivity contribution in [1.29, 1.82) is 0 Å². The number of rotatable bonds is 8. The number of H-pyrrole nitrogens is 2. The third-order valence-electron chi connectivity index (χ3n) is 10.6. The van der Waals surface area contributed by atoms with E-state index in [1.54, 1.807) is 60.7 Å². The molecule has 5 aromatic rings. The lowest BCUT2D eigenvalue weighted by molar-refractivity contribution is -0.126. The summed E-state index contributed by atoms with van der Waals surface area (Å²) in [5, 5.41) is 19.8. The molecule has 4 unspecified atom stereocenters. The lowest BCUT2D eigenvalue weighted by atomic mass is 10.0. The number of aromatic nitrogens is 2. The number of aromatic hydroxyl groups is 2. The number of halogens is 1. The number of hydrogen-bond acceptors (Lipinski definition) is 8. The number of nitrogen functional groups attached to an aromatic ring is 2. The summed E-state index contributed by atoms with van der Waals surface area (Å²) < 4.78 is 14.4. The van der Waals surface area contributed by atoms with E-state index in [-0.39, 0.29) is 36.4 Å². The van der Waals surface area contributed by atoms with Crippen molar-refractivity contribution in [1.82, 2.24) is 19.8 Å². The molecule has 3 aliphatic rings. The van der Waals surface area contributed by atoms with Crippen LogP contribution < -0.4 is 22.9 Å². The average molecular weight is 815 g/mol. The first-order valence-electron chi connectivity index (χ1n) is 19.9. The Kier molecular flexibility index (Phi) is 14.7. The number of benzene rings is 3. The Balaban J connectivity index is 0.000000181. The van der Waals surface area contributed by atoms with Gasteiger partial charge in [0.2, 0.25) is 11.8 Å². The summed E-state index contributed by atoms with van der Waals surface area (Å²) in [5.74, 6) is 2.09. The summed E-state index contributed by atoms with van der Waals surface area (Å²) in [6.45, 7) is 13.1. The molecule has 1 saturated carbocycles. The number of anilines is 2. The number of likely N-dealkylation sites (tertiary alicyclic amines) is 2. The molecule has 2 aliphatic heterocycles. The minimum absolute atomic E-state index is 0.0274. The molecule has 60 heavy (non-hydrogen) atoms. The van der Waals surface area contributed by atoms with Crippen molar-refractivity contribution in [2.24, 2.45) is 23.3 Å². The number of fused-ring (bicyclic) bond motifs is 1. The third-order valence-corrected chi connectivity index (χ3v) is 10.6. The Morgan fingerprint density at radius 2 is 1.27 bits per heavy atom. The van der Waals surface area contributed by atoms with Crippen molar-refractivity contribution in [2.45, 2.75) is 32.4 Å². The van der Waals surface area contributed by atoms with Gasteiger partial charge in [-0.2, -0.15) is 0 Å². The highest BCUT2D eigenvalue weighted by atomic mass is 19.1. The number of nitrogens with two attached hydrogens (primary N) is 4. The van der Waals surface area contributed by atoms with E-state index in [1.165, 1.54) is 23.5 Å². The molecule has 12 nitrogen and oxygen atoms in total. The van der Waals surface area contributed by atoms with E-state index in [0.717, 1.165) is 41.6 Å². The highest BCUT2D eigenvalue weighted by Gasteiger charge is 2.46. The van der Waals surface area contributed by atoms with E-state index in [2.05, 4.69) is 23.1 Å². The number of carbonyl (C=O) groups is 2. The van der Waals surface area contributed by atoms with Crippen molar-refractivity contribution in [2.75, 3.05) is 37.6 Å².